The molecule has 17 heavy (non-hydrogen) atoms. The van der Waals surface area contributed by atoms with Crippen molar-refractivity contribution in [3.63, 3.8) is 0 Å². The largest absolute Gasteiger partial charge is 0.314 e. The number of rotatable bonds is 2. The first-order chi connectivity index (χ1) is 8.42. The number of aromatic nitrogens is 1. The van der Waals surface area contributed by atoms with Crippen LogP contribution in [0.25, 0.3) is 10.9 Å². The summed E-state index contributed by atoms with van der Waals surface area (Å²) in [5.74, 6) is 0. The Morgan fingerprint density at radius 3 is 3.12 bits per heavy atom. The molecule has 3 rings (SSSR count). The van der Waals surface area contributed by atoms with E-state index in [0.717, 1.165) is 11.9 Å². The molecule has 1 atom stereocenters. The molecule has 1 aromatic carbocycles. The molecular weight excluding hydrogens is 208 g/mol. The van der Waals surface area contributed by atoms with Crippen molar-refractivity contribution in [3.05, 3.63) is 42.1 Å². The number of nitrogens with one attached hydrogen (secondary N) is 1. The van der Waals surface area contributed by atoms with E-state index in [1.54, 1.807) is 0 Å². The summed E-state index contributed by atoms with van der Waals surface area (Å²) in [6.45, 7) is 1.18. The van der Waals surface area contributed by atoms with Gasteiger partial charge in [0.2, 0.25) is 0 Å². The average molecular weight is 226 g/mol. The number of nitrogens with zero attached hydrogens (tertiary/aromatic N) is 1. The zero-order chi connectivity index (χ0) is 11.5. The monoisotopic (exact) mass is 226 g/mol. The lowest BCUT2D eigenvalue weighted by atomic mass is 9.97. The van der Waals surface area contributed by atoms with Crippen molar-refractivity contribution >= 4 is 10.9 Å². The van der Waals surface area contributed by atoms with Gasteiger partial charge in [0.15, 0.2) is 0 Å². The van der Waals surface area contributed by atoms with Crippen LogP contribution in [0.15, 0.2) is 36.5 Å². The van der Waals surface area contributed by atoms with E-state index in [9.17, 15) is 0 Å². The Morgan fingerprint density at radius 2 is 2.24 bits per heavy atom. The van der Waals surface area contributed by atoms with Crippen molar-refractivity contribution in [3.8, 4) is 0 Å². The summed E-state index contributed by atoms with van der Waals surface area (Å²) in [6, 6.07) is 11.4. The molecule has 1 aromatic heterocycles. The zero-order valence-electron chi connectivity index (χ0n) is 10.0. The topological polar surface area (TPSA) is 24.9 Å². The average Bonchev–Trinajstić information content (AvgIpc) is 2.40. The van der Waals surface area contributed by atoms with Gasteiger partial charge in [-0.3, -0.25) is 4.98 Å². The summed E-state index contributed by atoms with van der Waals surface area (Å²) in [7, 11) is 0. The molecule has 1 fully saturated rings. The molecule has 2 heterocycles. The Kier molecular flexibility index (Phi) is 3.06. The van der Waals surface area contributed by atoms with Gasteiger partial charge in [0.1, 0.15) is 0 Å². The van der Waals surface area contributed by atoms with E-state index in [4.69, 9.17) is 0 Å². The fourth-order valence-corrected chi connectivity index (χ4v) is 2.62. The van der Waals surface area contributed by atoms with Crippen LogP contribution in [0.4, 0.5) is 0 Å². The maximum absolute atomic E-state index is 4.41. The van der Waals surface area contributed by atoms with Crippen LogP contribution < -0.4 is 5.32 Å². The molecule has 1 saturated heterocycles. The predicted octanol–water partition coefficient (Wildman–Crippen LogP) is 2.92. The maximum atomic E-state index is 4.41. The molecule has 1 aliphatic heterocycles. The molecule has 0 aliphatic carbocycles. The number of pyridine rings is 1. The van der Waals surface area contributed by atoms with Crippen LogP contribution in [0.1, 0.15) is 24.8 Å². The lowest BCUT2D eigenvalue weighted by Gasteiger charge is -2.23. The predicted molar refractivity (Wildman–Crippen MR) is 71.1 cm³/mol. The second kappa shape index (κ2) is 4.84. The third-order valence-corrected chi connectivity index (χ3v) is 3.56. The molecule has 88 valence electrons. The molecule has 0 radical (unpaired) electrons. The fourth-order valence-electron chi connectivity index (χ4n) is 2.62. The van der Waals surface area contributed by atoms with Gasteiger partial charge in [-0.15, -0.1) is 0 Å². The summed E-state index contributed by atoms with van der Waals surface area (Å²) < 4.78 is 0. The molecule has 1 unspecified atom stereocenters. The number of benzene rings is 1. The van der Waals surface area contributed by atoms with Gasteiger partial charge in [-0.05, 0) is 43.5 Å². The second-order valence-corrected chi connectivity index (χ2v) is 4.88. The number of fused-ring (bicyclic) bond motifs is 1. The molecule has 2 nitrogen and oxygen atoms in total. The molecule has 1 aliphatic rings. The summed E-state index contributed by atoms with van der Waals surface area (Å²) >= 11 is 0. The number of hydrogen-bond donors (Lipinski definition) is 1. The minimum Gasteiger partial charge on any atom is -0.314 e. The SMILES string of the molecule is c1cnc2cc(CC3CCCCN3)ccc2c1. The van der Waals surface area contributed by atoms with Gasteiger partial charge in [0.25, 0.3) is 0 Å². The third kappa shape index (κ3) is 2.47. The molecule has 2 aromatic rings. The summed E-state index contributed by atoms with van der Waals surface area (Å²) in [4.78, 5) is 4.41. The van der Waals surface area contributed by atoms with E-state index in [-0.39, 0.29) is 0 Å². The highest BCUT2D eigenvalue weighted by Crippen LogP contribution is 2.17. The van der Waals surface area contributed by atoms with Crippen molar-refractivity contribution in [2.24, 2.45) is 0 Å². The quantitative estimate of drug-likeness (QED) is 0.851. The molecule has 2 heteroatoms. The van der Waals surface area contributed by atoms with E-state index in [0.29, 0.717) is 6.04 Å². The van der Waals surface area contributed by atoms with Gasteiger partial charge in [-0.25, -0.2) is 0 Å². The Hall–Kier alpha value is -1.41. The van der Waals surface area contributed by atoms with Crippen molar-refractivity contribution in [1.29, 1.82) is 0 Å². The van der Waals surface area contributed by atoms with Crippen LogP contribution in [0.5, 0.6) is 0 Å². The third-order valence-electron chi connectivity index (χ3n) is 3.56. The summed E-state index contributed by atoms with van der Waals surface area (Å²) in [5.41, 5.74) is 2.51. The number of hydrogen-bond acceptors (Lipinski definition) is 2. The van der Waals surface area contributed by atoms with Crippen molar-refractivity contribution in [2.75, 3.05) is 6.54 Å². The first-order valence-electron chi connectivity index (χ1n) is 6.49. The van der Waals surface area contributed by atoms with E-state index in [1.165, 1.54) is 36.8 Å². The Labute approximate surface area is 102 Å². The van der Waals surface area contributed by atoms with Gasteiger partial charge < -0.3 is 5.32 Å². The summed E-state index contributed by atoms with van der Waals surface area (Å²) in [5, 5.41) is 4.82. The van der Waals surface area contributed by atoms with Crippen LogP contribution in [0, 0.1) is 0 Å². The number of piperidine rings is 1. The minimum atomic E-state index is 0.657. The van der Waals surface area contributed by atoms with E-state index >= 15 is 0 Å². The van der Waals surface area contributed by atoms with Crippen LogP contribution >= 0.6 is 0 Å². The molecular formula is C15H18N2. The van der Waals surface area contributed by atoms with Crippen LogP contribution in [0.3, 0.4) is 0 Å². The fraction of sp³-hybridized carbons (Fsp3) is 0.400. The van der Waals surface area contributed by atoms with E-state index in [2.05, 4.69) is 34.6 Å². The standard InChI is InChI=1S/C15H18N2/c1-2-8-16-14(5-1)10-12-6-7-13-4-3-9-17-15(13)11-12/h3-4,6-7,9,11,14,16H,1-2,5,8,10H2. The second-order valence-electron chi connectivity index (χ2n) is 4.88. The molecule has 1 N–H and O–H groups in total. The van der Waals surface area contributed by atoms with Crippen molar-refractivity contribution in [1.82, 2.24) is 10.3 Å². The molecule has 0 saturated carbocycles. The highest BCUT2D eigenvalue weighted by molar-refractivity contribution is 5.78. The van der Waals surface area contributed by atoms with Gasteiger partial charge in [-0.2, -0.15) is 0 Å². The Balaban J connectivity index is 1.80. The van der Waals surface area contributed by atoms with Crippen LogP contribution in [0.2, 0.25) is 0 Å². The Bertz CT molecular complexity index is 501. The van der Waals surface area contributed by atoms with Crippen LogP contribution in [-0.2, 0) is 6.42 Å². The molecule has 0 spiro atoms. The first kappa shape index (κ1) is 10.7. The lowest BCUT2D eigenvalue weighted by Crippen LogP contribution is -2.35. The Morgan fingerprint density at radius 1 is 1.24 bits per heavy atom. The highest BCUT2D eigenvalue weighted by atomic mass is 14.9. The maximum Gasteiger partial charge on any atom is 0.0704 e. The first-order valence-corrected chi connectivity index (χ1v) is 6.49. The zero-order valence-corrected chi connectivity index (χ0v) is 10.0. The van der Waals surface area contributed by atoms with Gasteiger partial charge >= 0.3 is 0 Å². The summed E-state index contributed by atoms with van der Waals surface area (Å²) in [6.07, 6.45) is 7.00. The van der Waals surface area contributed by atoms with Gasteiger partial charge in [-0.1, -0.05) is 24.6 Å². The lowest BCUT2D eigenvalue weighted by molar-refractivity contribution is 0.399. The van der Waals surface area contributed by atoms with Crippen molar-refractivity contribution < 1.29 is 0 Å². The van der Waals surface area contributed by atoms with Gasteiger partial charge in [0, 0.05) is 17.6 Å². The molecule has 0 bridgehead atoms. The smallest absolute Gasteiger partial charge is 0.0704 e. The minimum absolute atomic E-state index is 0.657. The van der Waals surface area contributed by atoms with Crippen LogP contribution in [-0.4, -0.2) is 17.6 Å². The normalized spacial score (nSPS) is 20.6. The van der Waals surface area contributed by atoms with E-state index in [1.807, 2.05) is 12.3 Å². The van der Waals surface area contributed by atoms with E-state index < -0.39 is 0 Å². The highest BCUT2D eigenvalue weighted by Gasteiger charge is 2.12. The van der Waals surface area contributed by atoms with Gasteiger partial charge in [0.05, 0.1) is 5.52 Å². The molecule has 0 amide bonds. The van der Waals surface area contributed by atoms with Crippen molar-refractivity contribution in [2.45, 2.75) is 31.7 Å².